The number of carbonyl (C=O) groups excluding carboxylic acids is 2. The molecule has 31 heavy (non-hydrogen) atoms. The topological polar surface area (TPSA) is 104 Å². The summed E-state index contributed by atoms with van der Waals surface area (Å²) < 4.78 is 14.0. The van der Waals surface area contributed by atoms with Crippen molar-refractivity contribution in [3.05, 3.63) is 81.6 Å². The number of anilines is 1. The zero-order chi connectivity index (χ0) is 22.7. The van der Waals surface area contributed by atoms with E-state index in [1.165, 1.54) is 24.3 Å². The van der Waals surface area contributed by atoms with E-state index in [4.69, 9.17) is 41.2 Å². The number of urea groups is 1. The molecule has 3 rings (SSSR count). The summed E-state index contributed by atoms with van der Waals surface area (Å²) in [6.45, 7) is 0. The molecule has 0 atom stereocenters. The standard InChI is InChI=1S/C21H14Cl2FN3O3S/c22-13-9-12(17(23)18(28)16(13)20(31)27-21(25)30)10-5-2-4-8-15(10)26-19(29)11-6-1-3-7-14(11)24/h1-9,28H,(H,26,29)(H3,25,27,30,31). The van der Waals surface area contributed by atoms with Gasteiger partial charge in [-0.2, -0.15) is 0 Å². The minimum absolute atomic E-state index is 0.00844. The number of thiocarbonyl (C=S) groups is 1. The maximum Gasteiger partial charge on any atom is 0.317 e. The van der Waals surface area contributed by atoms with Crippen LogP contribution in [-0.2, 0) is 0 Å². The lowest BCUT2D eigenvalue weighted by Crippen LogP contribution is -2.34. The van der Waals surface area contributed by atoms with Crippen LogP contribution in [0.15, 0.2) is 54.6 Å². The number of para-hydroxylation sites is 1. The van der Waals surface area contributed by atoms with E-state index in [9.17, 15) is 19.1 Å². The van der Waals surface area contributed by atoms with Gasteiger partial charge in [0.15, 0.2) is 0 Å². The Kier molecular flexibility index (Phi) is 6.74. The number of benzene rings is 3. The number of halogens is 3. The molecular weight excluding hydrogens is 464 g/mol. The zero-order valence-electron chi connectivity index (χ0n) is 15.6. The fraction of sp³-hybridized carbons (Fsp3) is 0. The first-order valence-electron chi connectivity index (χ1n) is 8.67. The number of primary amides is 1. The number of phenols is 1. The molecule has 0 aliphatic heterocycles. The summed E-state index contributed by atoms with van der Waals surface area (Å²) in [6, 6.07) is 12.6. The Morgan fingerprint density at radius 3 is 2.35 bits per heavy atom. The molecule has 158 valence electrons. The summed E-state index contributed by atoms with van der Waals surface area (Å²) in [6.07, 6.45) is 0. The highest BCUT2D eigenvalue weighted by Gasteiger charge is 2.22. The van der Waals surface area contributed by atoms with Crippen LogP contribution in [0, 0.1) is 5.82 Å². The molecule has 0 aliphatic carbocycles. The molecule has 0 spiro atoms. The summed E-state index contributed by atoms with van der Waals surface area (Å²) in [5.41, 5.74) is 5.84. The average molecular weight is 478 g/mol. The van der Waals surface area contributed by atoms with E-state index in [1.54, 1.807) is 30.3 Å². The zero-order valence-corrected chi connectivity index (χ0v) is 17.9. The van der Waals surface area contributed by atoms with Crippen molar-refractivity contribution in [1.82, 2.24) is 5.32 Å². The Bertz CT molecular complexity index is 1220. The maximum absolute atomic E-state index is 14.0. The third-order valence-electron chi connectivity index (χ3n) is 4.24. The molecule has 10 heteroatoms. The highest BCUT2D eigenvalue weighted by Crippen LogP contribution is 2.43. The van der Waals surface area contributed by atoms with Crippen molar-refractivity contribution in [2.24, 2.45) is 5.73 Å². The predicted octanol–water partition coefficient (Wildman–Crippen LogP) is 5.10. The Balaban J connectivity index is 2.05. The molecule has 0 radical (unpaired) electrons. The lowest BCUT2D eigenvalue weighted by atomic mass is 10.0. The van der Waals surface area contributed by atoms with Crippen molar-refractivity contribution >= 4 is 58.0 Å². The molecule has 0 aliphatic rings. The molecule has 0 aromatic heterocycles. The van der Waals surface area contributed by atoms with Gasteiger partial charge in [0.2, 0.25) is 0 Å². The van der Waals surface area contributed by atoms with E-state index in [1.807, 2.05) is 0 Å². The van der Waals surface area contributed by atoms with Crippen LogP contribution < -0.4 is 16.4 Å². The highest BCUT2D eigenvalue weighted by molar-refractivity contribution is 7.80. The van der Waals surface area contributed by atoms with E-state index in [-0.39, 0.29) is 31.7 Å². The molecule has 3 amide bonds. The average Bonchev–Trinajstić information content (AvgIpc) is 2.71. The van der Waals surface area contributed by atoms with Crippen molar-refractivity contribution in [3.8, 4) is 16.9 Å². The fourth-order valence-electron chi connectivity index (χ4n) is 2.86. The van der Waals surface area contributed by atoms with Gasteiger partial charge in [0.05, 0.1) is 21.2 Å². The van der Waals surface area contributed by atoms with E-state index >= 15 is 0 Å². The van der Waals surface area contributed by atoms with Gasteiger partial charge < -0.3 is 16.2 Å². The van der Waals surface area contributed by atoms with Gasteiger partial charge in [0, 0.05) is 16.8 Å². The van der Waals surface area contributed by atoms with Crippen molar-refractivity contribution in [2.75, 3.05) is 5.32 Å². The lowest BCUT2D eigenvalue weighted by molar-refractivity contribution is 0.102. The molecule has 0 saturated carbocycles. The number of carbonyl (C=O) groups is 2. The molecule has 0 bridgehead atoms. The van der Waals surface area contributed by atoms with Gasteiger partial charge in [-0.3, -0.25) is 10.1 Å². The van der Waals surface area contributed by atoms with Crippen LogP contribution in [0.25, 0.3) is 11.1 Å². The quantitative estimate of drug-likeness (QED) is 0.392. The van der Waals surface area contributed by atoms with Crippen molar-refractivity contribution in [2.45, 2.75) is 0 Å². The van der Waals surface area contributed by atoms with Gasteiger partial charge in [0.1, 0.15) is 16.6 Å². The molecule has 6 nitrogen and oxygen atoms in total. The van der Waals surface area contributed by atoms with Crippen molar-refractivity contribution < 1.29 is 19.1 Å². The van der Waals surface area contributed by atoms with Crippen LogP contribution in [0.5, 0.6) is 5.75 Å². The maximum atomic E-state index is 14.0. The van der Waals surface area contributed by atoms with Gasteiger partial charge in [-0.05, 0) is 24.3 Å². The molecule has 0 unspecified atom stereocenters. The van der Waals surface area contributed by atoms with Gasteiger partial charge in [-0.15, -0.1) is 0 Å². The first-order valence-corrected chi connectivity index (χ1v) is 9.84. The number of phenolic OH excluding ortho intramolecular Hbond substituents is 1. The Labute approximate surface area is 191 Å². The lowest BCUT2D eigenvalue weighted by Gasteiger charge is -2.16. The van der Waals surface area contributed by atoms with Crippen LogP contribution >= 0.6 is 35.4 Å². The Hall–Kier alpha value is -3.20. The molecule has 0 saturated heterocycles. The van der Waals surface area contributed by atoms with E-state index in [2.05, 4.69) is 10.6 Å². The first-order chi connectivity index (χ1) is 14.7. The fourth-order valence-corrected chi connectivity index (χ4v) is 3.77. The molecule has 0 fully saturated rings. The van der Waals surface area contributed by atoms with Crippen molar-refractivity contribution in [3.63, 3.8) is 0 Å². The largest absolute Gasteiger partial charge is 0.506 e. The number of rotatable bonds is 4. The van der Waals surface area contributed by atoms with E-state index in [0.29, 0.717) is 11.3 Å². The normalized spacial score (nSPS) is 10.4. The molecular formula is C21H14Cl2FN3O3S. The van der Waals surface area contributed by atoms with Crippen LogP contribution in [0.1, 0.15) is 15.9 Å². The number of hydrogen-bond acceptors (Lipinski definition) is 4. The number of hydrogen-bond donors (Lipinski definition) is 4. The van der Waals surface area contributed by atoms with E-state index in [0.717, 1.165) is 0 Å². The second-order valence-electron chi connectivity index (χ2n) is 6.24. The SMILES string of the molecule is NC(=O)NC(=S)c1c(Cl)cc(-c2ccccc2NC(=O)c2ccccc2F)c(Cl)c1O. The van der Waals surface area contributed by atoms with Gasteiger partial charge in [-0.1, -0.05) is 65.8 Å². The van der Waals surface area contributed by atoms with Crippen molar-refractivity contribution in [1.29, 1.82) is 0 Å². The predicted molar refractivity (Wildman–Crippen MR) is 122 cm³/mol. The summed E-state index contributed by atoms with van der Waals surface area (Å²) in [5.74, 6) is -1.81. The number of nitrogens with two attached hydrogens (primary N) is 1. The number of amides is 3. The second kappa shape index (κ2) is 9.30. The minimum Gasteiger partial charge on any atom is -0.506 e. The smallest absolute Gasteiger partial charge is 0.317 e. The van der Waals surface area contributed by atoms with Crippen LogP contribution in [-0.4, -0.2) is 22.0 Å². The summed E-state index contributed by atoms with van der Waals surface area (Å²) in [5, 5.41) is 15.2. The summed E-state index contributed by atoms with van der Waals surface area (Å²) in [7, 11) is 0. The Morgan fingerprint density at radius 2 is 1.68 bits per heavy atom. The first kappa shape index (κ1) is 22.5. The highest BCUT2D eigenvalue weighted by atomic mass is 35.5. The van der Waals surface area contributed by atoms with Crippen LogP contribution in [0.3, 0.4) is 0 Å². The monoisotopic (exact) mass is 477 g/mol. The summed E-state index contributed by atoms with van der Waals surface area (Å²) >= 11 is 17.7. The molecule has 0 heterocycles. The minimum atomic E-state index is -0.929. The molecule has 3 aromatic carbocycles. The molecule has 3 aromatic rings. The van der Waals surface area contributed by atoms with Gasteiger partial charge >= 0.3 is 6.03 Å². The van der Waals surface area contributed by atoms with Crippen LogP contribution in [0.4, 0.5) is 14.9 Å². The second-order valence-corrected chi connectivity index (χ2v) is 7.43. The van der Waals surface area contributed by atoms with Gasteiger partial charge in [0.25, 0.3) is 5.91 Å². The van der Waals surface area contributed by atoms with Crippen LogP contribution in [0.2, 0.25) is 10.0 Å². The number of aromatic hydroxyl groups is 1. The summed E-state index contributed by atoms with van der Waals surface area (Å²) in [4.78, 5) is 23.4. The number of nitrogens with one attached hydrogen (secondary N) is 2. The van der Waals surface area contributed by atoms with E-state index < -0.39 is 23.5 Å². The Morgan fingerprint density at radius 1 is 1.03 bits per heavy atom. The third-order valence-corrected chi connectivity index (χ3v) is 5.23. The third kappa shape index (κ3) is 4.77. The van der Waals surface area contributed by atoms with Gasteiger partial charge in [-0.25, -0.2) is 9.18 Å². The molecule has 5 N–H and O–H groups in total.